The molecule has 2 aromatic heterocycles. The van der Waals surface area contributed by atoms with Crippen molar-refractivity contribution in [2.45, 2.75) is 13.0 Å². The number of aromatic nitrogens is 5. The molecule has 20 heavy (non-hydrogen) atoms. The first-order chi connectivity index (χ1) is 9.68. The number of hydrogen-bond acceptors (Lipinski definition) is 5. The molecule has 0 aliphatic heterocycles. The summed E-state index contributed by atoms with van der Waals surface area (Å²) >= 11 is 0. The number of para-hydroxylation sites is 1. The zero-order valence-corrected chi connectivity index (χ0v) is 10.6. The van der Waals surface area contributed by atoms with Crippen LogP contribution in [0.4, 0.5) is 0 Å². The number of pyridine rings is 1. The minimum atomic E-state index is -0.989. The van der Waals surface area contributed by atoms with E-state index in [4.69, 9.17) is 5.11 Å². The van der Waals surface area contributed by atoms with Crippen LogP contribution in [0, 0.1) is 0 Å². The summed E-state index contributed by atoms with van der Waals surface area (Å²) in [4.78, 5) is 15.4. The van der Waals surface area contributed by atoms with Gasteiger partial charge in [-0.2, -0.15) is 0 Å². The SMILES string of the molecule is CC(C(=O)O)n1nnnc1-c1ccnc2ccccc12. The number of rotatable bonds is 3. The number of aliphatic carboxylic acids is 1. The molecule has 0 saturated heterocycles. The molecule has 100 valence electrons. The topological polar surface area (TPSA) is 93.8 Å². The summed E-state index contributed by atoms with van der Waals surface area (Å²) in [6.45, 7) is 1.53. The van der Waals surface area contributed by atoms with Gasteiger partial charge in [0.15, 0.2) is 11.9 Å². The van der Waals surface area contributed by atoms with E-state index < -0.39 is 12.0 Å². The van der Waals surface area contributed by atoms with E-state index in [0.29, 0.717) is 5.82 Å². The van der Waals surface area contributed by atoms with E-state index in [-0.39, 0.29) is 0 Å². The number of carbonyl (C=O) groups is 1. The van der Waals surface area contributed by atoms with Gasteiger partial charge < -0.3 is 5.11 Å². The quantitative estimate of drug-likeness (QED) is 0.775. The number of benzene rings is 1. The second-order valence-electron chi connectivity index (χ2n) is 4.34. The minimum Gasteiger partial charge on any atom is -0.480 e. The van der Waals surface area contributed by atoms with Crippen LogP contribution < -0.4 is 0 Å². The minimum absolute atomic E-state index is 0.415. The Balaban J connectivity index is 2.22. The van der Waals surface area contributed by atoms with Crippen LogP contribution in [0.15, 0.2) is 36.5 Å². The predicted molar refractivity (Wildman–Crippen MR) is 70.9 cm³/mol. The Morgan fingerprint density at radius 2 is 2.10 bits per heavy atom. The molecule has 0 bridgehead atoms. The Morgan fingerprint density at radius 1 is 1.30 bits per heavy atom. The van der Waals surface area contributed by atoms with Crippen LogP contribution in [0.1, 0.15) is 13.0 Å². The number of carboxylic acids is 1. The second-order valence-corrected chi connectivity index (χ2v) is 4.34. The summed E-state index contributed by atoms with van der Waals surface area (Å²) in [5, 5.41) is 21.3. The lowest BCUT2D eigenvalue weighted by molar-refractivity contribution is -0.140. The van der Waals surface area contributed by atoms with Crippen LogP contribution in [0.3, 0.4) is 0 Å². The van der Waals surface area contributed by atoms with Gasteiger partial charge in [0.1, 0.15) is 0 Å². The fraction of sp³-hybridized carbons (Fsp3) is 0.154. The first-order valence-corrected chi connectivity index (χ1v) is 6.03. The summed E-state index contributed by atoms with van der Waals surface area (Å²) in [6, 6.07) is 8.51. The van der Waals surface area contributed by atoms with Crippen LogP contribution in [0.2, 0.25) is 0 Å². The van der Waals surface area contributed by atoms with Gasteiger partial charge in [0, 0.05) is 17.1 Å². The van der Waals surface area contributed by atoms with Crippen molar-refractivity contribution < 1.29 is 9.90 Å². The molecule has 7 heteroatoms. The van der Waals surface area contributed by atoms with Crippen LogP contribution in [0.5, 0.6) is 0 Å². The summed E-state index contributed by atoms with van der Waals surface area (Å²) in [5.74, 6) is -0.574. The molecule has 3 aromatic rings. The van der Waals surface area contributed by atoms with E-state index in [1.54, 1.807) is 12.3 Å². The molecule has 7 nitrogen and oxygen atoms in total. The Morgan fingerprint density at radius 3 is 2.90 bits per heavy atom. The predicted octanol–water partition coefficient (Wildman–Crippen LogP) is 1.53. The van der Waals surface area contributed by atoms with Crippen molar-refractivity contribution >= 4 is 16.9 Å². The average Bonchev–Trinajstić information content (AvgIpc) is 2.94. The molecule has 1 unspecified atom stereocenters. The van der Waals surface area contributed by atoms with E-state index in [1.807, 2.05) is 24.3 Å². The maximum atomic E-state index is 11.1. The lowest BCUT2D eigenvalue weighted by atomic mass is 10.1. The van der Waals surface area contributed by atoms with Crippen molar-refractivity contribution in [1.29, 1.82) is 0 Å². The highest BCUT2D eigenvalue weighted by molar-refractivity contribution is 5.92. The van der Waals surface area contributed by atoms with Crippen molar-refractivity contribution in [1.82, 2.24) is 25.2 Å². The maximum Gasteiger partial charge on any atom is 0.328 e. The Bertz CT molecular complexity index is 778. The third-order valence-electron chi connectivity index (χ3n) is 3.11. The van der Waals surface area contributed by atoms with E-state index >= 15 is 0 Å². The van der Waals surface area contributed by atoms with Gasteiger partial charge in [-0.3, -0.25) is 4.98 Å². The Hall–Kier alpha value is -2.83. The summed E-state index contributed by atoms with van der Waals surface area (Å²) in [6.07, 6.45) is 1.65. The molecule has 3 rings (SSSR count). The van der Waals surface area contributed by atoms with Crippen LogP contribution in [-0.4, -0.2) is 36.3 Å². The van der Waals surface area contributed by atoms with Crippen LogP contribution >= 0.6 is 0 Å². The number of carboxylic acid groups (broad SMARTS) is 1. The molecule has 0 radical (unpaired) electrons. The molecular weight excluding hydrogens is 258 g/mol. The van der Waals surface area contributed by atoms with Gasteiger partial charge >= 0.3 is 5.97 Å². The van der Waals surface area contributed by atoms with Crippen molar-refractivity contribution in [3.63, 3.8) is 0 Å². The van der Waals surface area contributed by atoms with E-state index in [1.165, 1.54) is 11.6 Å². The van der Waals surface area contributed by atoms with Gasteiger partial charge in [0.25, 0.3) is 0 Å². The normalized spacial score (nSPS) is 12.4. The van der Waals surface area contributed by atoms with Gasteiger partial charge in [0.05, 0.1) is 5.52 Å². The van der Waals surface area contributed by atoms with Gasteiger partial charge in [0.2, 0.25) is 0 Å². The fourth-order valence-corrected chi connectivity index (χ4v) is 2.03. The molecule has 0 spiro atoms. The maximum absolute atomic E-state index is 11.1. The molecule has 0 amide bonds. The molecule has 2 heterocycles. The molecule has 1 N–H and O–H groups in total. The monoisotopic (exact) mass is 269 g/mol. The molecule has 1 aromatic carbocycles. The van der Waals surface area contributed by atoms with Gasteiger partial charge in [-0.1, -0.05) is 18.2 Å². The molecule has 0 saturated carbocycles. The summed E-state index contributed by atoms with van der Waals surface area (Å²) in [7, 11) is 0. The lowest BCUT2D eigenvalue weighted by Crippen LogP contribution is -2.18. The number of nitrogens with zero attached hydrogens (tertiary/aromatic N) is 5. The molecule has 0 fully saturated rings. The standard InChI is InChI=1S/C13H11N5O2/c1-8(13(19)20)18-12(15-16-17-18)10-6-7-14-11-5-3-2-4-9(10)11/h2-8H,1H3,(H,19,20). The fourth-order valence-electron chi connectivity index (χ4n) is 2.03. The van der Waals surface area contributed by atoms with Gasteiger partial charge in [-0.05, 0) is 29.5 Å². The highest BCUT2D eigenvalue weighted by Gasteiger charge is 2.21. The average molecular weight is 269 g/mol. The Kier molecular flexibility index (Phi) is 2.86. The second kappa shape index (κ2) is 4.69. The number of fused-ring (bicyclic) bond motifs is 1. The Labute approximate surface area is 113 Å². The first-order valence-electron chi connectivity index (χ1n) is 6.03. The third kappa shape index (κ3) is 1.89. The molecule has 0 aliphatic rings. The highest BCUT2D eigenvalue weighted by atomic mass is 16.4. The van der Waals surface area contributed by atoms with Crippen molar-refractivity contribution in [2.75, 3.05) is 0 Å². The van der Waals surface area contributed by atoms with E-state index in [2.05, 4.69) is 20.5 Å². The summed E-state index contributed by atoms with van der Waals surface area (Å²) in [5.41, 5.74) is 1.57. The van der Waals surface area contributed by atoms with Crippen molar-refractivity contribution in [2.24, 2.45) is 0 Å². The number of hydrogen-bond donors (Lipinski definition) is 1. The van der Waals surface area contributed by atoms with E-state index in [9.17, 15) is 4.79 Å². The lowest BCUT2D eigenvalue weighted by Gasteiger charge is -2.10. The highest BCUT2D eigenvalue weighted by Crippen LogP contribution is 2.26. The van der Waals surface area contributed by atoms with Gasteiger partial charge in [-0.15, -0.1) is 5.10 Å². The smallest absolute Gasteiger partial charge is 0.328 e. The largest absolute Gasteiger partial charge is 0.480 e. The number of tetrazole rings is 1. The molecular formula is C13H11N5O2. The van der Waals surface area contributed by atoms with Crippen molar-refractivity contribution in [3.05, 3.63) is 36.5 Å². The zero-order valence-electron chi connectivity index (χ0n) is 10.6. The van der Waals surface area contributed by atoms with Crippen LogP contribution in [0.25, 0.3) is 22.3 Å². The molecule has 1 atom stereocenters. The van der Waals surface area contributed by atoms with Crippen LogP contribution in [-0.2, 0) is 4.79 Å². The third-order valence-corrected chi connectivity index (χ3v) is 3.11. The van der Waals surface area contributed by atoms with Crippen molar-refractivity contribution in [3.8, 4) is 11.4 Å². The molecule has 0 aliphatic carbocycles. The summed E-state index contributed by atoms with van der Waals surface area (Å²) < 4.78 is 1.30. The van der Waals surface area contributed by atoms with Gasteiger partial charge in [-0.25, -0.2) is 9.48 Å². The zero-order chi connectivity index (χ0) is 14.1. The van der Waals surface area contributed by atoms with E-state index in [0.717, 1.165) is 16.5 Å². The first kappa shape index (κ1) is 12.2.